The molecule has 9 heteroatoms. The summed E-state index contributed by atoms with van der Waals surface area (Å²) in [6.07, 6.45) is 1.46. The van der Waals surface area contributed by atoms with Crippen LogP contribution < -0.4 is 20.5 Å². The van der Waals surface area contributed by atoms with Crippen molar-refractivity contribution in [1.29, 1.82) is 0 Å². The number of halogens is 1. The number of nitrogens with one attached hydrogen (secondary N) is 1. The first-order valence-electron chi connectivity index (χ1n) is 8.69. The van der Waals surface area contributed by atoms with E-state index in [-0.39, 0.29) is 23.4 Å². The molecule has 0 fully saturated rings. The SMILES string of the molecule is NC(=O)CNC(=O)c1cccc(OC(=O)c2ccc(Oc3ccc(Cl)cn3)cc2)c1. The van der Waals surface area contributed by atoms with Crippen molar-refractivity contribution in [3.05, 3.63) is 83.0 Å². The summed E-state index contributed by atoms with van der Waals surface area (Å²) < 4.78 is 10.9. The molecule has 2 aromatic carbocycles. The number of amides is 2. The van der Waals surface area contributed by atoms with E-state index in [4.69, 9.17) is 26.8 Å². The Morgan fingerprint density at radius 2 is 1.73 bits per heavy atom. The number of nitrogens with two attached hydrogens (primary N) is 1. The lowest BCUT2D eigenvalue weighted by Crippen LogP contribution is -2.33. The van der Waals surface area contributed by atoms with Crippen LogP contribution in [-0.4, -0.2) is 29.3 Å². The molecular weight excluding hydrogens is 410 g/mol. The summed E-state index contributed by atoms with van der Waals surface area (Å²) in [4.78, 5) is 39.1. The zero-order valence-corrected chi connectivity index (χ0v) is 16.3. The predicted octanol–water partition coefficient (Wildman–Crippen LogP) is 2.96. The van der Waals surface area contributed by atoms with Gasteiger partial charge in [0.15, 0.2) is 0 Å². The monoisotopic (exact) mass is 425 g/mol. The molecule has 1 heterocycles. The van der Waals surface area contributed by atoms with Gasteiger partial charge in [-0.15, -0.1) is 0 Å². The first-order valence-corrected chi connectivity index (χ1v) is 9.07. The van der Waals surface area contributed by atoms with Crippen LogP contribution in [-0.2, 0) is 4.79 Å². The highest BCUT2D eigenvalue weighted by Crippen LogP contribution is 2.22. The number of rotatable bonds is 7. The molecule has 1 aromatic heterocycles. The van der Waals surface area contributed by atoms with Gasteiger partial charge in [-0.2, -0.15) is 0 Å². The van der Waals surface area contributed by atoms with Crippen molar-refractivity contribution in [3.8, 4) is 17.4 Å². The third-order valence-electron chi connectivity index (χ3n) is 3.74. The average Bonchev–Trinajstić information content (AvgIpc) is 2.74. The van der Waals surface area contributed by atoms with E-state index in [0.29, 0.717) is 16.7 Å². The molecule has 3 rings (SSSR count). The van der Waals surface area contributed by atoms with Gasteiger partial charge in [-0.3, -0.25) is 9.59 Å². The highest BCUT2D eigenvalue weighted by Gasteiger charge is 2.12. The summed E-state index contributed by atoms with van der Waals surface area (Å²) >= 11 is 5.78. The van der Waals surface area contributed by atoms with Gasteiger partial charge in [0.2, 0.25) is 11.8 Å². The number of primary amides is 1. The number of benzene rings is 2. The number of ether oxygens (including phenoxy) is 2. The number of hydrogen-bond acceptors (Lipinski definition) is 6. The Morgan fingerprint density at radius 3 is 2.40 bits per heavy atom. The van der Waals surface area contributed by atoms with Crippen molar-refractivity contribution < 1.29 is 23.9 Å². The molecule has 0 aliphatic carbocycles. The van der Waals surface area contributed by atoms with Crippen molar-refractivity contribution >= 4 is 29.4 Å². The molecule has 0 saturated heterocycles. The Balaban J connectivity index is 1.63. The van der Waals surface area contributed by atoms with Gasteiger partial charge in [0.05, 0.1) is 17.1 Å². The topological polar surface area (TPSA) is 121 Å². The first-order chi connectivity index (χ1) is 14.4. The van der Waals surface area contributed by atoms with Gasteiger partial charge < -0.3 is 20.5 Å². The zero-order valence-electron chi connectivity index (χ0n) is 15.5. The van der Waals surface area contributed by atoms with Gasteiger partial charge >= 0.3 is 5.97 Å². The highest BCUT2D eigenvalue weighted by atomic mass is 35.5. The van der Waals surface area contributed by atoms with E-state index in [1.165, 1.54) is 36.5 Å². The summed E-state index contributed by atoms with van der Waals surface area (Å²) in [5.41, 5.74) is 5.51. The highest BCUT2D eigenvalue weighted by molar-refractivity contribution is 6.30. The van der Waals surface area contributed by atoms with Crippen molar-refractivity contribution in [2.45, 2.75) is 0 Å². The van der Waals surface area contributed by atoms with E-state index in [2.05, 4.69) is 10.3 Å². The largest absolute Gasteiger partial charge is 0.439 e. The second kappa shape index (κ2) is 9.53. The van der Waals surface area contributed by atoms with Gasteiger partial charge in [0.25, 0.3) is 5.91 Å². The van der Waals surface area contributed by atoms with Gasteiger partial charge in [0, 0.05) is 17.8 Å². The average molecular weight is 426 g/mol. The number of carbonyl (C=O) groups is 3. The smallest absolute Gasteiger partial charge is 0.343 e. The molecule has 0 aliphatic heterocycles. The van der Waals surface area contributed by atoms with Gasteiger partial charge in [0.1, 0.15) is 11.5 Å². The van der Waals surface area contributed by atoms with Crippen LogP contribution in [0.25, 0.3) is 0 Å². The van der Waals surface area contributed by atoms with E-state index < -0.39 is 17.8 Å². The molecule has 8 nitrogen and oxygen atoms in total. The molecule has 0 aliphatic rings. The maximum absolute atomic E-state index is 12.4. The number of pyridine rings is 1. The minimum Gasteiger partial charge on any atom is -0.439 e. The molecule has 2 amide bonds. The molecule has 0 radical (unpaired) electrons. The van der Waals surface area contributed by atoms with E-state index in [1.807, 2.05) is 0 Å². The number of aromatic nitrogens is 1. The molecule has 0 spiro atoms. The number of nitrogens with zero attached hydrogens (tertiary/aromatic N) is 1. The maximum atomic E-state index is 12.4. The van der Waals surface area contributed by atoms with Crippen LogP contribution in [0.15, 0.2) is 66.9 Å². The quantitative estimate of drug-likeness (QED) is 0.443. The fraction of sp³-hybridized carbons (Fsp3) is 0.0476. The van der Waals surface area contributed by atoms with Crippen LogP contribution in [0.1, 0.15) is 20.7 Å². The van der Waals surface area contributed by atoms with E-state index in [9.17, 15) is 14.4 Å². The fourth-order valence-corrected chi connectivity index (χ4v) is 2.45. The Labute approximate surface area is 176 Å². The molecule has 0 atom stereocenters. The second-order valence-corrected chi connectivity index (χ2v) is 6.44. The van der Waals surface area contributed by atoms with Gasteiger partial charge in [-0.05, 0) is 48.5 Å². The zero-order chi connectivity index (χ0) is 21.5. The Kier molecular flexibility index (Phi) is 6.61. The third-order valence-corrected chi connectivity index (χ3v) is 3.97. The van der Waals surface area contributed by atoms with Gasteiger partial charge in [-0.1, -0.05) is 17.7 Å². The summed E-state index contributed by atoms with van der Waals surface area (Å²) in [7, 11) is 0. The van der Waals surface area contributed by atoms with E-state index >= 15 is 0 Å². The Hall–Kier alpha value is -3.91. The Morgan fingerprint density at radius 1 is 0.967 bits per heavy atom. The van der Waals surface area contributed by atoms with Crippen LogP contribution in [0, 0.1) is 0 Å². The van der Waals surface area contributed by atoms with Crippen molar-refractivity contribution in [2.75, 3.05) is 6.54 Å². The predicted molar refractivity (Wildman–Crippen MR) is 109 cm³/mol. The number of carbonyl (C=O) groups excluding carboxylic acids is 3. The van der Waals surface area contributed by atoms with Crippen molar-refractivity contribution in [2.24, 2.45) is 5.73 Å². The van der Waals surface area contributed by atoms with Crippen LogP contribution in [0.4, 0.5) is 0 Å². The lowest BCUT2D eigenvalue weighted by atomic mass is 10.2. The standard InChI is InChI=1S/C21H16ClN3O5/c22-15-6-9-19(24-11-15)29-16-7-4-13(5-8-16)21(28)30-17-3-1-2-14(10-17)20(27)25-12-18(23)26/h1-11H,12H2,(H2,23,26)(H,25,27). The van der Waals surface area contributed by atoms with Crippen LogP contribution in [0.5, 0.6) is 17.4 Å². The molecule has 0 unspecified atom stereocenters. The molecule has 0 saturated carbocycles. The summed E-state index contributed by atoms with van der Waals surface area (Å²) in [5, 5.41) is 2.85. The number of hydrogen-bond donors (Lipinski definition) is 2. The van der Waals surface area contributed by atoms with E-state index in [0.717, 1.165) is 0 Å². The maximum Gasteiger partial charge on any atom is 0.343 e. The molecular formula is C21H16ClN3O5. The second-order valence-electron chi connectivity index (χ2n) is 6.01. The van der Waals surface area contributed by atoms with Crippen molar-refractivity contribution in [1.82, 2.24) is 10.3 Å². The van der Waals surface area contributed by atoms with Crippen LogP contribution in [0.2, 0.25) is 5.02 Å². The lowest BCUT2D eigenvalue weighted by molar-refractivity contribution is -0.117. The summed E-state index contributed by atoms with van der Waals surface area (Å²) in [6.45, 7) is -0.289. The number of esters is 1. The molecule has 3 aromatic rings. The minimum absolute atomic E-state index is 0.178. The molecule has 30 heavy (non-hydrogen) atoms. The van der Waals surface area contributed by atoms with Gasteiger partial charge in [-0.25, -0.2) is 9.78 Å². The molecule has 3 N–H and O–H groups in total. The first kappa shape index (κ1) is 20.8. The molecule has 0 bridgehead atoms. The Bertz CT molecular complexity index is 1070. The normalized spacial score (nSPS) is 10.2. The fourth-order valence-electron chi connectivity index (χ4n) is 2.34. The van der Waals surface area contributed by atoms with Crippen LogP contribution >= 0.6 is 11.6 Å². The third kappa shape index (κ3) is 5.79. The van der Waals surface area contributed by atoms with Crippen LogP contribution in [0.3, 0.4) is 0 Å². The van der Waals surface area contributed by atoms with E-state index in [1.54, 1.807) is 30.3 Å². The lowest BCUT2D eigenvalue weighted by Gasteiger charge is -2.08. The summed E-state index contributed by atoms with van der Waals surface area (Å²) in [5.74, 6) is -0.761. The van der Waals surface area contributed by atoms with Crippen molar-refractivity contribution in [3.63, 3.8) is 0 Å². The summed E-state index contributed by atoms with van der Waals surface area (Å²) in [6, 6.07) is 15.5. The minimum atomic E-state index is -0.662. The molecule has 152 valence electrons.